The molecule has 0 aromatic heterocycles. The van der Waals surface area contributed by atoms with Gasteiger partial charge in [0.05, 0.1) is 10.8 Å². The minimum atomic E-state index is -0.906. The van der Waals surface area contributed by atoms with Crippen LogP contribution in [0.4, 0.5) is 5.69 Å². The maximum atomic E-state index is 12.0. The van der Waals surface area contributed by atoms with Gasteiger partial charge in [0.15, 0.2) is 0 Å². The molecular formula is C12H19NOS. The third-order valence-corrected chi connectivity index (χ3v) is 3.87. The Bertz CT molecular complexity index is 361. The molecule has 0 saturated heterocycles. The lowest BCUT2D eigenvalue weighted by atomic mass is 10.2. The molecule has 0 spiro atoms. The number of nitrogen functional groups attached to an aromatic ring is 1. The van der Waals surface area contributed by atoms with Gasteiger partial charge in [-0.1, -0.05) is 19.9 Å². The average Bonchev–Trinajstić information content (AvgIpc) is 2.18. The summed E-state index contributed by atoms with van der Waals surface area (Å²) >= 11 is 0. The highest BCUT2D eigenvalue weighted by Crippen LogP contribution is 2.18. The molecule has 0 aliphatic rings. The van der Waals surface area contributed by atoms with E-state index < -0.39 is 10.8 Å². The maximum Gasteiger partial charge on any atom is 0.0533 e. The molecule has 0 bridgehead atoms. The highest BCUT2D eigenvalue weighted by Gasteiger charge is 2.08. The smallest absolute Gasteiger partial charge is 0.0533 e. The second-order valence-corrected chi connectivity index (χ2v) is 5.80. The summed E-state index contributed by atoms with van der Waals surface area (Å²) in [4.78, 5) is 0.885. The van der Waals surface area contributed by atoms with Gasteiger partial charge in [0.25, 0.3) is 0 Å². The molecule has 1 rings (SSSR count). The van der Waals surface area contributed by atoms with E-state index in [1.165, 1.54) is 0 Å². The van der Waals surface area contributed by atoms with Gasteiger partial charge in [-0.25, -0.2) is 0 Å². The van der Waals surface area contributed by atoms with Crippen LogP contribution in [0, 0.1) is 12.8 Å². The Morgan fingerprint density at radius 1 is 1.40 bits per heavy atom. The van der Waals surface area contributed by atoms with Crippen LogP contribution in [0.3, 0.4) is 0 Å². The van der Waals surface area contributed by atoms with Crippen molar-refractivity contribution in [1.29, 1.82) is 0 Å². The minimum absolute atomic E-state index is 0.593. The van der Waals surface area contributed by atoms with Crippen LogP contribution in [0.5, 0.6) is 0 Å². The van der Waals surface area contributed by atoms with E-state index >= 15 is 0 Å². The Morgan fingerprint density at radius 2 is 2.07 bits per heavy atom. The average molecular weight is 225 g/mol. The van der Waals surface area contributed by atoms with Crippen molar-refractivity contribution >= 4 is 16.5 Å². The van der Waals surface area contributed by atoms with Gasteiger partial charge in [-0.2, -0.15) is 0 Å². The van der Waals surface area contributed by atoms with Crippen molar-refractivity contribution in [2.75, 3.05) is 11.5 Å². The molecule has 0 radical (unpaired) electrons. The summed E-state index contributed by atoms with van der Waals surface area (Å²) in [6.07, 6.45) is 0.987. The van der Waals surface area contributed by atoms with E-state index in [1.54, 1.807) is 0 Å². The third-order valence-electron chi connectivity index (χ3n) is 2.34. The summed E-state index contributed by atoms with van der Waals surface area (Å²) in [5, 5.41) is 0. The molecule has 3 heteroatoms. The first-order chi connectivity index (χ1) is 7.00. The molecule has 0 amide bonds. The summed E-state index contributed by atoms with van der Waals surface area (Å²) in [6, 6.07) is 5.60. The Morgan fingerprint density at radius 3 is 2.67 bits per heavy atom. The number of rotatable bonds is 4. The number of hydrogen-bond acceptors (Lipinski definition) is 2. The van der Waals surface area contributed by atoms with Gasteiger partial charge in [-0.05, 0) is 37.0 Å². The van der Waals surface area contributed by atoms with Gasteiger partial charge >= 0.3 is 0 Å². The molecule has 0 saturated carbocycles. The second kappa shape index (κ2) is 5.31. The number of hydrogen-bond donors (Lipinski definition) is 1. The monoisotopic (exact) mass is 225 g/mol. The molecular weight excluding hydrogens is 206 g/mol. The maximum absolute atomic E-state index is 12.0. The Balaban J connectivity index is 2.77. The second-order valence-electron chi connectivity index (χ2n) is 4.26. The van der Waals surface area contributed by atoms with E-state index in [9.17, 15) is 4.21 Å². The molecule has 15 heavy (non-hydrogen) atoms. The van der Waals surface area contributed by atoms with Gasteiger partial charge in [-0.3, -0.25) is 4.21 Å². The molecule has 1 aromatic rings. The minimum Gasteiger partial charge on any atom is -0.399 e. The van der Waals surface area contributed by atoms with Gasteiger partial charge in [0.1, 0.15) is 0 Å². The van der Waals surface area contributed by atoms with Crippen molar-refractivity contribution < 1.29 is 4.21 Å². The lowest BCUT2D eigenvalue weighted by molar-refractivity contribution is 0.619. The summed E-state index contributed by atoms with van der Waals surface area (Å²) in [5.74, 6) is 1.32. The normalized spacial score (nSPS) is 13.1. The lowest BCUT2D eigenvalue weighted by Crippen LogP contribution is -2.04. The summed E-state index contributed by atoms with van der Waals surface area (Å²) in [7, 11) is -0.906. The Labute approximate surface area is 94.3 Å². The molecule has 0 heterocycles. The van der Waals surface area contributed by atoms with Crippen LogP contribution in [-0.2, 0) is 10.8 Å². The SMILES string of the molecule is Cc1ccc(N)cc1S(=O)CCC(C)C. The summed E-state index contributed by atoms with van der Waals surface area (Å²) in [6.45, 7) is 6.26. The van der Waals surface area contributed by atoms with E-state index in [1.807, 2.05) is 25.1 Å². The topological polar surface area (TPSA) is 43.1 Å². The number of nitrogens with two attached hydrogens (primary N) is 1. The van der Waals surface area contributed by atoms with Crippen LogP contribution < -0.4 is 5.73 Å². The number of aryl methyl sites for hydroxylation is 1. The highest BCUT2D eigenvalue weighted by molar-refractivity contribution is 7.85. The number of benzene rings is 1. The fraction of sp³-hybridized carbons (Fsp3) is 0.500. The van der Waals surface area contributed by atoms with Gasteiger partial charge in [0.2, 0.25) is 0 Å². The summed E-state index contributed by atoms with van der Waals surface area (Å²) in [5.41, 5.74) is 7.44. The molecule has 0 aliphatic carbocycles. The van der Waals surface area contributed by atoms with E-state index in [4.69, 9.17) is 5.73 Å². The van der Waals surface area contributed by atoms with E-state index in [-0.39, 0.29) is 0 Å². The van der Waals surface area contributed by atoms with Crippen molar-refractivity contribution in [2.45, 2.75) is 32.1 Å². The van der Waals surface area contributed by atoms with Crippen molar-refractivity contribution in [3.63, 3.8) is 0 Å². The van der Waals surface area contributed by atoms with Crippen LogP contribution in [0.1, 0.15) is 25.8 Å². The molecule has 1 unspecified atom stereocenters. The van der Waals surface area contributed by atoms with E-state index in [2.05, 4.69) is 13.8 Å². The zero-order chi connectivity index (χ0) is 11.4. The van der Waals surface area contributed by atoms with Gasteiger partial charge in [0, 0.05) is 16.3 Å². The fourth-order valence-corrected chi connectivity index (χ4v) is 2.91. The zero-order valence-electron chi connectivity index (χ0n) is 9.62. The largest absolute Gasteiger partial charge is 0.399 e. The molecule has 1 aromatic carbocycles. The predicted molar refractivity (Wildman–Crippen MR) is 66.3 cm³/mol. The van der Waals surface area contributed by atoms with Gasteiger partial charge in [-0.15, -0.1) is 0 Å². The van der Waals surface area contributed by atoms with Crippen molar-refractivity contribution in [2.24, 2.45) is 5.92 Å². The van der Waals surface area contributed by atoms with Gasteiger partial charge < -0.3 is 5.73 Å². The third kappa shape index (κ3) is 3.67. The quantitative estimate of drug-likeness (QED) is 0.801. The fourth-order valence-electron chi connectivity index (χ4n) is 1.31. The first kappa shape index (κ1) is 12.2. The van der Waals surface area contributed by atoms with Crippen LogP contribution in [-0.4, -0.2) is 9.96 Å². The molecule has 2 N–H and O–H groups in total. The van der Waals surface area contributed by atoms with Crippen LogP contribution in [0.2, 0.25) is 0 Å². The molecule has 0 aliphatic heterocycles. The predicted octanol–water partition coefficient (Wildman–Crippen LogP) is 2.73. The summed E-state index contributed by atoms with van der Waals surface area (Å²) < 4.78 is 12.0. The van der Waals surface area contributed by atoms with Crippen molar-refractivity contribution in [3.05, 3.63) is 23.8 Å². The van der Waals surface area contributed by atoms with Crippen LogP contribution in [0.25, 0.3) is 0 Å². The first-order valence-electron chi connectivity index (χ1n) is 5.25. The zero-order valence-corrected chi connectivity index (χ0v) is 10.4. The molecule has 2 nitrogen and oxygen atoms in total. The van der Waals surface area contributed by atoms with Crippen LogP contribution in [0.15, 0.2) is 23.1 Å². The molecule has 0 fully saturated rings. The Kier molecular flexibility index (Phi) is 4.33. The van der Waals surface area contributed by atoms with Crippen LogP contribution >= 0.6 is 0 Å². The van der Waals surface area contributed by atoms with E-state index in [0.29, 0.717) is 11.6 Å². The Hall–Kier alpha value is -0.830. The lowest BCUT2D eigenvalue weighted by Gasteiger charge is -2.08. The molecule has 1 atom stereocenters. The van der Waals surface area contributed by atoms with Crippen molar-refractivity contribution in [3.8, 4) is 0 Å². The first-order valence-corrected chi connectivity index (χ1v) is 6.57. The standard InChI is InChI=1S/C12H19NOS/c1-9(2)6-7-15(14)12-8-11(13)5-4-10(12)3/h4-5,8-9H,6-7,13H2,1-3H3. The molecule has 84 valence electrons. The highest BCUT2D eigenvalue weighted by atomic mass is 32.2. The van der Waals surface area contributed by atoms with E-state index in [0.717, 1.165) is 22.6 Å². The van der Waals surface area contributed by atoms with Crippen molar-refractivity contribution in [1.82, 2.24) is 0 Å². The number of anilines is 1.